The maximum absolute atomic E-state index is 14.3. The van der Waals surface area contributed by atoms with Crippen molar-refractivity contribution in [3.8, 4) is 0 Å². The lowest BCUT2D eigenvalue weighted by Gasteiger charge is -2.47. The van der Waals surface area contributed by atoms with E-state index < -0.39 is 11.4 Å². The van der Waals surface area contributed by atoms with Gasteiger partial charge in [0.15, 0.2) is 0 Å². The van der Waals surface area contributed by atoms with Gasteiger partial charge >= 0.3 is 5.97 Å². The van der Waals surface area contributed by atoms with E-state index in [-0.39, 0.29) is 34.8 Å². The molecule has 0 saturated heterocycles. The summed E-state index contributed by atoms with van der Waals surface area (Å²) < 4.78 is 19.5. The number of aliphatic hydroxyl groups excluding tert-OH is 1. The van der Waals surface area contributed by atoms with Crippen molar-refractivity contribution in [1.29, 1.82) is 0 Å². The molecule has 2 aromatic carbocycles. The van der Waals surface area contributed by atoms with Gasteiger partial charge < -0.3 is 15.2 Å². The molecule has 2 aliphatic carbocycles. The van der Waals surface area contributed by atoms with Gasteiger partial charge in [-0.3, -0.25) is 0 Å². The number of carbonyl (C=O) groups is 1. The van der Waals surface area contributed by atoms with E-state index in [9.17, 15) is 14.3 Å². The number of methoxy groups -OCH3 is 1. The fourth-order valence-corrected chi connectivity index (χ4v) is 6.44. The fraction of sp³-hybridized carbons (Fsp3) is 0.500. The molecule has 178 valence electrons. The number of fused-ring (bicyclic) bond motifs is 2. The maximum atomic E-state index is 14.3. The molecule has 4 nitrogen and oxygen atoms in total. The molecule has 0 aliphatic heterocycles. The summed E-state index contributed by atoms with van der Waals surface area (Å²) in [6.45, 7) is 2.13. The van der Waals surface area contributed by atoms with Gasteiger partial charge in [-0.2, -0.15) is 0 Å². The van der Waals surface area contributed by atoms with Crippen molar-refractivity contribution >= 4 is 34.9 Å². The van der Waals surface area contributed by atoms with Gasteiger partial charge in [-0.1, -0.05) is 42.3 Å². The number of carbonyl (C=O) groups excluding carboxylic acids is 1. The van der Waals surface area contributed by atoms with Crippen LogP contribution in [0.25, 0.3) is 0 Å². The van der Waals surface area contributed by atoms with Gasteiger partial charge in [-0.05, 0) is 91.2 Å². The van der Waals surface area contributed by atoms with Crippen LogP contribution in [0.1, 0.15) is 50.2 Å². The molecule has 0 heterocycles. The zero-order valence-corrected chi connectivity index (χ0v) is 20.5. The maximum Gasteiger partial charge on any atom is 0.331 e. The van der Waals surface area contributed by atoms with Gasteiger partial charge in [0.1, 0.15) is 11.4 Å². The number of benzene rings is 2. The molecule has 4 rings (SSSR count). The molecule has 7 heteroatoms. The number of ether oxygens (including phenoxy) is 1. The number of aliphatic hydroxyl groups is 1. The van der Waals surface area contributed by atoms with Gasteiger partial charge in [0.05, 0.1) is 12.1 Å². The minimum Gasteiger partial charge on any atom is -0.467 e. The van der Waals surface area contributed by atoms with Crippen LogP contribution in [0.4, 0.5) is 10.1 Å². The van der Waals surface area contributed by atoms with Crippen LogP contribution in [0.2, 0.25) is 10.0 Å². The zero-order chi connectivity index (χ0) is 23.8. The van der Waals surface area contributed by atoms with E-state index in [1.807, 2.05) is 25.1 Å². The van der Waals surface area contributed by atoms with E-state index in [1.165, 1.54) is 13.2 Å². The molecular formula is C26H30Cl2FNO3. The Morgan fingerprint density at radius 1 is 1.24 bits per heavy atom. The Morgan fingerprint density at radius 3 is 2.61 bits per heavy atom. The Morgan fingerprint density at radius 2 is 1.97 bits per heavy atom. The first-order chi connectivity index (χ1) is 15.7. The highest BCUT2D eigenvalue weighted by Crippen LogP contribution is 2.57. The molecule has 1 fully saturated rings. The highest BCUT2D eigenvalue weighted by atomic mass is 35.5. The molecule has 0 amide bonds. The third-order valence-corrected chi connectivity index (χ3v) is 8.39. The molecule has 1 saturated carbocycles. The summed E-state index contributed by atoms with van der Waals surface area (Å²) in [5, 5.41) is 13.9. The first kappa shape index (κ1) is 24.3. The normalized spacial score (nSPS) is 27.3. The molecule has 2 aliphatic rings. The van der Waals surface area contributed by atoms with E-state index in [2.05, 4.69) is 5.32 Å². The lowest BCUT2D eigenvalue weighted by atomic mass is 9.59. The van der Waals surface area contributed by atoms with Gasteiger partial charge in [0.2, 0.25) is 0 Å². The molecule has 1 unspecified atom stereocenters. The second kappa shape index (κ2) is 9.44. The lowest BCUT2D eigenvalue weighted by molar-refractivity contribution is -0.148. The van der Waals surface area contributed by atoms with Crippen LogP contribution >= 0.6 is 23.2 Å². The Bertz CT molecular complexity index is 1040. The topological polar surface area (TPSA) is 58.6 Å². The van der Waals surface area contributed by atoms with Crippen molar-refractivity contribution in [3.05, 3.63) is 63.4 Å². The largest absolute Gasteiger partial charge is 0.467 e. The summed E-state index contributed by atoms with van der Waals surface area (Å²) in [4.78, 5) is 13.0. The smallest absolute Gasteiger partial charge is 0.331 e. The monoisotopic (exact) mass is 493 g/mol. The van der Waals surface area contributed by atoms with Crippen LogP contribution < -0.4 is 5.32 Å². The predicted octanol–water partition coefficient (Wildman–Crippen LogP) is 6.16. The summed E-state index contributed by atoms with van der Waals surface area (Å²) in [6.07, 6.45) is 4.08. The number of hydrogen-bond donors (Lipinski definition) is 2. The van der Waals surface area contributed by atoms with Crippen LogP contribution in [-0.2, 0) is 21.4 Å². The molecule has 2 atom stereocenters. The summed E-state index contributed by atoms with van der Waals surface area (Å²) in [6, 6.07) is 10.6. The van der Waals surface area contributed by atoms with E-state index in [0.29, 0.717) is 24.3 Å². The Kier molecular flexibility index (Phi) is 6.95. The van der Waals surface area contributed by atoms with Crippen LogP contribution in [0, 0.1) is 17.7 Å². The van der Waals surface area contributed by atoms with E-state index in [1.54, 1.807) is 12.1 Å². The highest BCUT2D eigenvalue weighted by molar-refractivity contribution is 6.31. The average Bonchev–Trinajstić information content (AvgIpc) is 3.10. The molecule has 1 spiro atoms. The van der Waals surface area contributed by atoms with Crippen molar-refractivity contribution in [2.45, 2.75) is 56.4 Å². The van der Waals surface area contributed by atoms with E-state index in [0.717, 1.165) is 36.1 Å². The van der Waals surface area contributed by atoms with Crippen LogP contribution in [0.15, 0.2) is 36.4 Å². The highest BCUT2D eigenvalue weighted by Gasteiger charge is 2.54. The SMILES string of the molecule is COC(=O)C1(Nc2cccc(Cl)c2)CCC2(CC1)c1ccc(F)c(Cl)c1CC2C[C@@H](C)CO. The van der Waals surface area contributed by atoms with Crippen molar-refractivity contribution in [2.75, 3.05) is 19.0 Å². The number of rotatable bonds is 6. The van der Waals surface area contributed by atoms with E-state index in [4.69, 9.17) is 27.9 Å². The minimum atomic E-state index is -0.871. The first-order valence-electron chi connectivity index (χ1n) is 11.4. The lowest BCUT2D eigenvalue weighted by Crippen LogP contribution is -2.53. The van der Waals surface area contributed by atoms with Gasteiger partial charge in [-0.15, -0.1) is 0 Å². The second-order valence-electron chi connectivity index (χ2n) is 9.68. The molecule has 0 radical (unpaired) electrons. The van der Waals surface area contributed by atoms with Crippen molar-refractivity contribution in [3.63, 3.8) is 0 Å². The third kappa shape index (κ3) is 4.36. The van der Waals surface area contributed by atoms with Crippen molar-refractivity contribution in [1.82, 2.24) is 0 Å². The summed E-state index contributed by atoms with van der Waals surface area (Å²) in [5.41, 5.74) is 1.64. The third-order valence-electron chi connectivity index (χ3n) is 7.74. The number of halogens is 3. The molecular weight excluding hydrogens is 464 g/mol. The van der Waals surface area contributed by atoms with Gasteiger partial charge in [0.25, 0.3) is 0 Å². The Labute approximate surface area is 204 Å². The fourth-order valence-electron chi connectivity index (χ4n) is 6.01. The quantitative estimate of drug-likeness (QED) is 0.473. The molecule has 0 bridgehead atoms. The van der Waals surface area contributed by atoms with Gasteiger partial charge in [0, 0.05) is 17.3 Å². The summed E-state index contributed by atoms with van der Waals surface area (Å²) in [5.74, 6) is -0.353. The van der Waals surface area contributed by atoms with E-state index >= 15 is 0 Å². The van der Waals surface area contributed by atoms with Crippen LogP contribution in [0.3, 0.4) is 0 Å². The van der Waals surface area contributed by atoms with Crippen LogP contribution in [0.5, 0.6) is 0 Å². The zero-order valence-electron chi connectivity index (χ0n) is 19.0. The molecule has 33 heavy (non-hydrogen) atoms. The molecule has 2 N–H and O–H groups in total. The minimum absolute atomic E-state index is 0.105. The molecule has 2 aromatic rings. The van der Waals surface area contributed by atoms with Gasteiger partial charge in [-0.25, -0.2) is 9.18 Å². The second-order valence-corrected chi connectivity index (χ2v) is 10.5. The van der Waals surface area contributed by atoms with Crippen LogP contribution in [-0.4, -0.2) is 30.3 Å². The number of anilines is 1. The average molecular weight is 494 g/mol. The standard InChI is InChI=1S/C26H30Cl2FNO3/c1-16(15-31)12-17-13-20-21(6-7-22(29)23(20)28)25(17)8-10-26(11-9-25,24(32)33-2)30-19-5-3-4-18(27)14-19/h3-7,14,16-17,30-31H,8-13,15H2,1-2H3/t16-,17?,25?,26?/m1/s1. The number of esters is 1. The molecule has 0 aromatic heterocycles. The first-order valence-corrected chi connectivity index (χ1v) is 12.2. The number of nitrogens with one attached hydrogen (secondary N) is 1. The van der Waals surface area contributed by atoms with Crippen molar-refractivity contribution < 1.29 is 19.0 Å². The Balaban J connectivity index is 1.69. The summed E-state index contributed by atoms with van der Waals surface area (Å²) >= 11 is 12.6. The van der Waals surface area contributed by atoms with Crippen molar-refractivity contribution in [2.24, 2.45) is 11.8 Å². The summed E-state index contributed by atoms with van der Waals surface area (Å²) in [7, 11) is 1.41. The Hall–Kier alpha value is -1.82. The predicted molar refractivity (Wildman–Crippen MR) is 129 cm³/mol. The number of hydrogen-bond acceptors (Lipinski definition) is 4.